The van der Waals surface area contributed by atoms with Crippen molar-refractivity contribution in [2.75, 3.05) is 5.75 Å². The van der Waals surface area contributed by atoms with Crippen molar-refractivity contribution < 1.29 is 23.1 Å². The maximum Gasteiger partial charge on any atom is 0.335 e. The number of hydrogen-bond acceptors (Lipinski definition) is 4. The van der Waals surface area contributed by atoms with Gasteiger partial charge >= 0.3 is 5.97 Å². The van der Waals surface area contributed by atoms with E-state index in [1.165, 1.54) is 19.1 Å². The number of carbonyl (C=O) groups excluding carboxylic acids is 1. The fourth-order valence-electron chi connectivity index (χ4n) is 1.99. The van der Waals surface area contributed by atoms with E-state index in [2.05, 4.69) is 0 Å². The molecule has 0 atom stereocenters. The molecule has 0 saturated carbocycles. The van der Waals surface area contributed by atoms with E-state index in [1.54, 1.807) is 0 Å². The van der Waals surface area contributed by atoms with Gasteiger partial charge < -0.3 is 5.11 Å². The van der Waals surface area contributed by atoms with Crippen LogP contribution in [0.4, 0.5) is 0 Å². The lowest BCUT2D eigenvalue weighted by Crippen LogP contribution is -2.23. The summed E-state index contributed by atoms with van der Waals surface area (Å²) < 4.78 is 23.5. The van der Waals surface area contributed by atoms with Gasteiger partial charge in [0.25, 0.3) is 0 Å². The smallest absolute Gasteiger partial charge is 0.335 e. The molecule has 0 aromatic heterocycles. The number of carbonyl (C=O) groups is 2. The Morgan fingerprint density at radius 2 is 2.00 bits per heavy atom. The molecule has 2 rings (SSSR count). The number of carboxylic acid groups (broad SMARTS) is 1. The van der Waals surface area contributed by atoms with Crippen LogP contribution in [-0.4, -0.2) is 31.0 Å². The van der Waals surface area contributed by atoms with Crippen LogP contribution in [0.15, 0.2) is 17.0 Å². The molecule has 17 heavy (non-hydrogen) atoms. The highest BCUT2D eigenvalue weighted by Crippen LogP contribution is 2.29. The van der Waals surface area contributed by atoms with E-state index < -0.39 is 15.8 Å². The zero-order valence-corrected chi connectivity index (χ0v) is 9.87. The van der Waals surface area contributed by atoms with Gasteiger partial charge in [-0.3, -0.25) is 4.79 Å². The van der Waals surface area contributed by atoms with Crippen LogP contribution in [0, 0.1) is 6.92 Å². The highest BCUT2D eigenvalue weighted by Gasteiger charge is 2.31. The third-order valence-corrected chi connectivity index (χ3v) is 4.62. The van der Waals surface area contributed by atoms with Crippen molar-refractivity contribution in [1.29, 1.82) is 0 Å². The van der Waals surface area contributed by atoms with Gasteiger partial charge in [-0.1, -0.05) is 0 Å². The maximum absolute atomic E-state index is 11.8. The Morgan fingerprint density at radius 3 is 2.59 bits per heavy atom. The summed E-state index contributed by atoms with van der Waals surface area (Å²) >= 11 is 0. The predicted molar refractivity (Wildman–Crippen MR) is 59.1 cm³/mol. The summed E-state index contributed by atoms with van der Waals surface area (Å²) in [6.45, 7) is 1.46. The number of ketones is 1. The molecule has 0 amide bonds. The lowest BCUT2D eigenvalue weighted by atomic mass is 9.98. The second-order valence-corrected chi connectivity index (χ2v) is 5.99. The summed E-state index contributed by atoms with van der Waals surface area (Å²) in [6, 6.07) is 2.44. The monoisotopic (exact) mass is 254 g/mol. The van der Waals surface area contributed by atoms with Crippen molar-refractivity contribution in [3.63, 3.8) is 0 Å². The second-order valence-electron chi connectivity index (χ2n) is 3.91. The molecule has 6 heteroatoms. The number of carboxylic acids is 1. The summed E-state index contributed by atoms with van der Waals surface area (Å²) in [5.41, 5.74) is 0.230. The summed E-state index contributed by atoms with van der Waals surface area (Å²) in [7, 11) is -3.45. The first-order chi connectivity index (χ1) is 7.84. The van der Waals surface area contributed by atoms with Crippen LogP contribution in [0.1, 0.15) is 32.7 Å². The molecule has 0 fully saturated rings. The molecule has 0 unspecified atom stereocenters. The minimum atomic E-state index is -3.45. The highest BCUT2D eigenvalue weighted by molar-refractivity contribution is 7.91. The molecule has 5 nitrogen and oxygen atoms in total. The number of fused-ring (bicyclic) bond motifs is 1. The molecule has 1 aliphatic rings. The Labute approximate surface area is 98.0 Å². The molecular weight excluding hydrogens is 244 g/mol. The first kappa shape index (κ1) is 11.8. The van der Waals surface area contributed by atoms with Gasteiger partial charge in [-0.15, -0.1) is 0 Å². The Kier molecular flexibility index (Phi) is 2.54. The average molecular weight is 254 g/mol. The van der Waals surface area contributed by atoms with E-state index >= 15 is 0 Å². The fourth-order valence-corrected chi connectivity index (χ4v) is 3.51. The Bertz CT molecular complexity index is 628. The van der Waals surface area contributed by atoms with E-state index in [0.717, 1.165) is 0 Å². The standard InChI is InChI=1S/C11H10O5S/c1-6-7(11(13)14)2-3-9-10(6)8(12)4-5-17(9,15)16/h2-3H,4-5H2,1H3,(H,13,14). The van der Waals surface area contributed by atoms with Gasteiger partial charge in [0.05, 0.1) is 16.2 Å². The average Bonchev–Trinajstić information content (AvgIpc) is 2.23. The van der Waals surface area contributed by atoms with E-state index in [1.807, 2.05) is 0 Å². The van der Waals surface area contributed by atoms with Crippen molar-refractivity contribution in [1.82, 2.24) is 0 Å². The van der Waals surface area contributed by atoms with E-state index in [9.17, 15) is 18.0 Å². The summed E-state index contributed by atoms with van der Waals surface area (Å²) in [4.78, 5) is 22.6. The summed E-state index contributed by atoms with van der Waals surface area (Å²) in [6.07, 6.45) is -0.0841. The van der Waals surface area contributed by atoms with Crippen LogP contribution in [-0.2, 0) is 9.84 Å². The lowest BCUT2D eigenvalue weighted by molar-refractivity contribution is 0.0696. The van der Waals surface area contributed by atoms with Gasteiger partial charge in [0.15, 0.2) is 15.6 Å². The van der Waals surface area contributed by atoms with E-state index in [-0.39, 0.29) is 39.5 Å². The van der Waals surface area contributed by atoms with Crippen LogP contribution in [0.3, 0.4) is 0 Å². The number of Topliss-reactive ketones (excluding diaryl/α,β-unsaturated/α-hetero) is 1. The Hall–Kier alpha value is -1.69. The Morgan fingerprint density at radius 1 is 1.35 bits per heavy atom. The number of hydrogen-bond donors (Lipinski definition) is 1. The normalized spacial score (nSPS) is 17.6. The van der Waals surface area contributed by atoms with E-state index in [4.69, 9.17) is 5.11 Å². The molecule has 0 aliphatic carbocycles. The van der Waals surface area contributed by atoms with Crippen molar-refractivity contribution in [3.8, 4) is 0 Å². The predicted octanol–water partition coefficient (Wildman–Crippen LogP) is 1.05. The minimum absolute atomic E-state index is 0.0331. The number of aromatic carboxylic acids is 1. The van der Waals surface area contributed by atoms with Crippen molar-refractivity contribution in [2.45, 2.75) is 18.2 Å². The molecule has 90 valence electrons. The molecule has 1 aromatic rings. The van der Waals surface area contributed by atoms with Crippen molar-refractivity contribution >= 4 is 21.6 Å². The van der Waals surface area contributed by atoms with Crippen LogP contribution >= 0.6 is 0 Å². The van der Waals surface area contributed by atoms with Crippen LogP contribution in [0.2, 0.25) is 0 Å². The molecule has 0 radical (unpaired) electrons. The quantitative estimate of drug-likeness (QED) is 0.809. The van der Waals surface area contributed by atoms with Gasteiger partial charge in [0, 0.05) is 12.0 Å². The molecule has 0 bridgehead atoms. The first-order valence-electron chi connectivity index (χ1n) is 4.97. The SMILES string of the molecule is Cc1c(C(=O)O)ccc2c1C(=O)CCS2(=O)=O. The largest absolute Gasteiger partial charge is 0.478 e. The minimum Gasteiger partial charge on any atom is -0.478 e. The molecule has 1 heterocycles. The van der Waals surface area contributed by atoms with E-state index in [0.29, 0.717) is 0 Å². The van der Waals surface area contributed by atoms with Crippen LogP contribution in [0.5, 0.6) is 0 Å². The zero-order chi connectivity index (χ0) is 12.8. The molecule has 0 spiro atoms. The highest BCUT2D eigenvalue weighted by atomic mass is 32.2. The fraction of sp³-hybridized carbons (Fsp3) is 0.273. The third kappa shape index (κ3) is 1.74. The molecular formula is C11H10O5S. The first-order valence-corrected chi connectivity index (χ1v) is 6.62. The second kappa shape index (κ2) is 3.66. The van der Waals surface area contributed by atoms with Crippen molar-refractivity contribution in [3.05, 3.63) is 28.8 Å². The zero-order valence-electron chi connectivity index (χ0n) is 9.06. The lowest BCUT2D eigenvalue weighted by Gasteiger charge is -2.18. The molecule has 0 saturated heterocycles. The summed E-state index contributed by atoms with van der Waals surface area (Å²) in [5, 5.41) is 8.92. The van der Waals surface area contributed by atoms with Crippen molar-refractivity contribution in [2.24, 2.45) is 0 Å². The number of benzene rings is 1. The number of rotatable bonds is 1. The van der Waals surface area contributed by atoms with Gasteiger partial charge in [-0.25, -0.2) is 13.2 Å². The summed E-state index contributed by atoms with van der Waals surface area (Å²) in [5.74, 6) is -1.68. The van der Waals surface area contributed by atoms with Gasteiger partial charge in [0.2, 0.25) is 0 Å². The third-order valence-electron chi connectivity index (χ3n) is 2.87. The van der Waals surface area contributed by atoms with Crippen LogP contribution < -0.4 is 0 Å². The maximum atomic E-state index is 11.8. The van der Waals surface area contributed by atoms with Crippen LogP contribution in [0.25, 0.3) is 0 Å². The molecule has 1 aromatic carbocycles. The van der Waals surface area contributed by atoms with Gasteiger partial charge in [-0.2, -0.15) is 0 Å². The molecule has 1 aliphatic heterocycles. The van der Waals surface area contributed by atoms with Gasteiger partial charge in [-0.05, 0) is 24.6 Å². The Balaban J connectivity index is 2.82. The topological polar surface area (TPSA) is 88.5 Å². The molecule has 1 N–H and O–H groups in total. The number of sulfone groups is 1. The van der Waals surface area contributed by atoms with Gasteiger partial charge in [0.1, 0.15) is 0 Å².